The van der Waals surface area contributed by atoms with Gasteiger partial charge >= 0.3 is 0 Å². The molecule has 0 saturated carbocycles. The molecule has 4 rings (SSSR count). The number of aryl methyl sites for hydroxylation is 1. The van der Waals surface area contributed by atoms with Crippen molar-refractivity contribution < 1.29 is 9.90 Å². The van der Waals surface area contributed by atoms with Gasteiger partial charge in [0.1, 0.15) is 0 Å². The first-order chi connectivity index (χ1) is 14.0. The number of amides is 1. The Hall–Kier alpha value is -2.58. The Bertz CT molecular complexity index is 970. The largest absolute Gasteiger partial charge is 0.396 e. The monoisotopic (exact) mass is 413 g/mol. The highest BCUT2D eigenvalue weighted by Crippen LogP contribution is 2.30. The quantitative estimate of drug-likeness (QED) is 0.663. The molecule has 29 heavy (non-hydrogen) atoms. The van der Waals surface area contributed by atoms with Gasteiger partial charge in [-0.1, -0.05) is 19.9 Å². The number of hydrogen-bond donors (Lipinski definition) is 2. The highest BCUT2D eigenvalue weighted by Gasteiger charge is 2.33. The molecule has 0 unspecified atom stereocenters. The molecular formula is C21H27N5O2S. The summed E-state index contributed by atoms with van der Waals surface area (Å²) in [6.07, 6.45) is 3.53. The number of carbonyl (C=O) groups excluding carboxylic acids is 1. The summed E-state index contributed by atoms with van der Waals surface area (Å²) in [6.45, 7) is 9.25. The molecule has 0 bridgehead atoms. The highest BCUT2D eigenvalue weighted by atomic mass is 32.1. The summed E-state index contributed by atoms with van der Waals surface area (Å²) in [5.41, 5.74) is 2.22. The third-order valence-corrected chi connectivity index (χ3v) is 5.78. The van der Waals surface area contributed by atoms with Crippen molar-refractivity contribution in [3.63, 3.8) is 0 Å². The van der Waals surface area contributed by atoms with Gasteiger partial charge < -0.3 is 15.3 Å². The molecule has 0 radical (unpaired) electrons. The smallest absolute Gasteiger partial charge is 0.274 e. The Balaban J connectivity index is 0.00000117. The summed E-state index contributed by atoms with van der Waals surface area (Å²) in [6, 6.07) is 5.81. The molecule has 0 aliphatic carbocycles. The van der Waals surface area contributed by atoms with E-state index in [0.717, 1.165) is 20.7 Å². The maximum absolute atomic E-state index is 12.9. The number of rotatable bonds is 5. The average molecular weight is 414 g/mol. The summed E-state index contributed by atoms with van der Waals surface area (Å²) in [5, 5.41) is 12.5. The van der Waals surface area contributed by atoms with Gasteiger partial charge in [-0.25, -0.2) is 9.97 Å². The minimum atomic E-state index is -0.106. The molecule has 1 aliphatic heterocycles. The van der Waals surface area contributed by atoms with Crippen molar-refractivity contribution in [2.75, 3.05) is 25.0 Å². The van der Waals surface area contributed by atoms with Crippen LogP contribution in [0.2, 0.25) is 0 Å². The van der Waals surface area contributed by atoms with E-state index in [9.17, 15) is 9.90 Å². The number of fused-ring (bicyclic) bond motifs is 1. The number of aliphatic hydroxyl groups is 1. The van der Waals surface area contributed by atoms with E-state index in [1.54, 1.807) is 17.3 Å². The van der Waals surface area contributed by atoms with Gasteiger partial charge in [-0.15, -0.1) is 11.3 Å². The Morgan fingerprint density at radius 1 is 1.38 bits per heavy atom. The highest BCUT2D eigenvalue weighted by molar-refractivity contribution is 7.19. The topological polar surface area (TPSA) is 91.2 Å². The zero-order chi connectivity index (χ0) is 21.0. The number of nitrogens with zero attached hydrogens (tertiary/aromatic N) is 4. The van der Waals surface area contributed by atoms with Crippen LogP contribution in [0.1, 0.15) is 47.7 Å². The fourth-order valence-corrected chi connectivity index (χ4v) is 4.10. The van der Waals surface area contributed by atoms with Crippen molar-refractivity contribution in [1.29, 1.82) is 0 Å². The maximum Gasteiger partial charge on any atom is 0.274 e. The van der Waals surface area contributed by atoms with E-state index < -0.39 is 0 Å². The van der Waals surface area contributed by atoms with Crippen LogP contribution in [-0.4, -0.2) is 50.6 Å². The minimum absolute atomic E-state index is 0.0402. The molecule has 2 N–H and O–H groups in total. The number of carbonyl (C=O) groups is 1. The Morgan fingerprint density at radius 3 is 2.79 bits per heavy atom. The predicted molar refractivity (Wildman–Crippen MR) is 116 cm³/mol. The Kier molecular flexibility index (Phi) is 6.76. The SMILES string of the molecule is CC.Cc1cc2nc(N[C@@H](C)c3cccnc3)nc(C(=O)N3CC(CO)C3)c2s1. The standard InChI is InChI=1S/C19H21N5O2S.C2H6/c1-11-6-15-17(27-11)16(18(26)24-8-13(9-24)10-25)23-19(22-15)21-12(2)14-4-3-5-20-7-14;1-2/h3-7,12-13,25H,8-10H2,1-2H3,(H,21,22,23);1-2H3/t12-;/m0./s1. The van der Waals surface area contributed by atoms with E-state index in [-0.39, 0.29) is 24.5 Å². The van der Waals surface area contributed by atoms with Gasteiger partial charge in [-0.05, 0) is 31.5 Å². The molecule has 7 nitrogen and oxygen atoms in total. The van der Waals surface area contributed by atoms with E-state index in [0.29, 0.717) is 24.7 Å². The fourth-order valence-electron chi connectivity index (χ4n) is 3.17. The van der Waals surface area contributed by atoms with Gasteiger partial charge in [0.2, 0.25) is 5.95 Å². The van der Waals surface area contributed by atoms with Crippen LogP contribution in [0.15, 0.2) is 30.6 Å². The van der Waals surface area contributed by atoms with Crippen LogP contribution >= 0.6 is 11.3 Å². The molecule has 1 aliphatic rings. The number of hydrogen-bond acceptors (Lipinski definition) is 7. The number of thiophene rings is 1. The first-order valence-electron chi connectivity index (χ1n) is 9.90. The Labute approximate surface area is 174 Å². The molecular weight excluding hydrogens is 386 g/mol. The van der Waals surface area contributed by atoms with Crippen molar-refractivity contribution >= 4 is 33.4 Å². The second-order valence-electron chi connectivity index (χ2n) is 6.88. The lowest BCUT2D eigenvalue weighted by Crippen LogP contribution is -2.51. The fraction of sp³-hybridized carbons (Fsp3) is 0.429. The van der Waals surface area contributed by atoms with Crippen molar-refractivity contribution in [1.82, 2.24) is 19.9 Å². The molecule has 1 atom stereocenters. The zero-order valence-electron chi connectivity index (χ0n) is 17.2. The molecule has 154 valence electrons. The van der Waals surface area contributed by atoms with Crippen LogP contribution in [0.5, 0.6) is 0 Å². The van der Waals surface area contributed by atoms with Crippen LogP contribution in [0, 0.1) is 12.8 Å². The van der Waals surface area contributed by atoms with Crippen molar-refractivity contribution in [2.45, 2.75) is 33.7 Å². The van der Waals surface area contributed by atoms with Crippen molar-refractivity contribution in [2.24, 2.45) is 5.92 Å². The molecule has 1 fully saturated rings. The number of nitrogens with one attached hydrogen (secondary N) is 1. The van der Waals surface area contributed by atoms with Gasteiger partial charge in [0.05, 0.1) is 16.3 Å². The van der Waals surface area contributed by atoms with Crippen LogP contribution in [0.4, 0.5) is 5.95 Å². The van der Waals surface area contributed by atoms with Gasteiger partial charge in [-0.3, -0.25) is 9.78 Å². The predicted octanol–water partition coefficient (Wildman–Crippen LogP) is 3.66. The minimum Gasteiger partial charge on any atom is -0.396 e. The van der Waals surface area contributed by atoms with Crippen LogP contribution < -0.4 is 5.32 Å². The number of aromatic nitrogens is 3. The lowest BCUT2D eigenvalue weighted by molar-refractivity contribution is 0.0359. The summed E-state index contributed by atoms with van der Waals surface area (Å²) < 4.78 is 0.810. The molecule has 8 heteroatoms. The number of anilines is 1. The van der Waals surface area contributed by atoms with E-state index in [1.807, 2.05) is 45.9 Å². The summed E-state index contributed by atoms with van der Waals surface area (Å²) >= 11 is 1.53. The number of aliphatic hydroxyl groups excluding tert-OH is 1. The average Bonchev–Trinajstić information content (AvgIpc) is 3.08. The van der Waals surface area contributed by atoms with Crippen LogP contribution in [0.3, 0.4) is 0 Å². The number of pyridine rings is 1. The van der Waals surface area contributed by atoms with Crippen LogP contribution in [-0.2, 0) is 0 Å². The summed E-state index contributed by atoms with van der Waals surface area (Å²) in [5.74, 6) is 0.491. The first kappa shape index (κ1) is 21.1. The van der Waals surface area contributed by atoms with Crippen LogP contribution in [0.25, 0.3) is 10.2 Å². The van der Waals surface area contributed by atoms with Gasteiger partial charge in [0, 0.05) is 42.9 Å². The Morgan fingerprint density at radius 2 is 2.14 bits per heavy atom. The van der Waals surface area contributed by atoms with E-state index in [4.69, 9.17) is 0 Å². The van der Waals surface area contributed by atoms with E-state index >= 15 is 0 Å². The van der Waals surface area contributed by atoms with Crippen molar-refractivity contribution in [3.05, 3.63) is 46.7 Å². The van der Waals surface area contributed by atoms with Crippen molar-refractivity contribution in [3.8, 4) is 0 Å². The second-order valence-corrected chi connectivity index (χ2v) is 8.13. The van der Waals surface area contributed by atoms with E-state index in [2.05, 4.69) is 20.3 Å². The molecule has 1 amide bonds. The maximum atomic E-state index is 12.9. The molecule has 3 aromatic heterocycles. The molecule has 0 aromatic carbocycles. The summed E-state index contributed by atoms with van der Waals surface area (Å²) in [7, 11) is 0. The summed E-state index contributed by atoms with van der Waals surface area (Å²) in [4.78, 5) is 29.0. The number of likely N-dealkylation sites (tertiary alicyclic amines) is 1. The van der Waals surface area contributed by atoms with Gasteiger partial charge in [0.15, 0.2) is 5.69 Å². The third-order valence-electron chi connectivity index (χ3n) is 4.73. The first-order valence-corrected chi connectivity index (χ1v) is 10.7. The molecule has 4 heterocycles. The third kappa shape index (κ3) is 4.54. The second kappa shape index (κ2) is 9.28. The molecule has 0 spiro atoms. The molecule has 1 saturated heterocycles. The van der Waals surface area contributed by atoms with Gasteiger partial charge in [-0.2, -0.15) is 0 Å². The molecule has 3 aromatic rings. The zero-order valence-corrected chi connectivity index (χ0v) is 18.0. The lowest BCUT2D eigenvalue weighted by Gasteiger charge is -2.38. The lowest BCUT2D eigenvalue weighted by atomic mass is 10.0. The van der Waals surface area contributed by atoms with Gasteiger partial charge in [0.25, 0.3) is 5.91 Å². The van der Waals surface area contributed by atoms with E-state index in [1.165, 1.54) is 11.3 Å². The normalized spacial score (nSPS) is 14.7.